The quantitative estimate of drug-likeness (QED) is 0.199. The van der Waals surface area contributed by atoms with Crippen molar-refractivity contribution in [3.05, 3.63) is 102 Å². The van der Waals surface area contributed by atoms with Crippen LogP contribution in [0, 0.1) is 0 Å². The number of hydrogen-bond donors (Lipinski definition) is 0. The fraction of sp³-hybridized carbons (Fsp3) is 0.353. The van der Waals surface area contributed by atoms with E-state index < -0.39 is 24.2 Å². The van der Waals surface area contributed by atoms with E-state index in [9.17, 15) is 9.59 Å². The number of nitrogens with zero attached hydrogens (tertiary/aromatic N) is 1. The van der Waals surface area contributed by atoms with Crippen molar-refractivity contribution in [1.29, 1.82) is 0 Å². The lowest BCUT2D eigenvalue weighted by Crippen LogP contribution is -2.50. The molecule has 1 fully saturated rings. The summed E-state index contributed by atoms with van der Waals surface area (Å²) < 4.78 is 22.8. The van der Waals surface area contributed by atoms with Crippen molar-refractivity contribution in [2.45, 2.75) is 50.4 Å². The molecular formula is C34H37NO6. The molecule has 0 N–H and O–H groups in total. The molecule has 1 aliphatic carbocycles. The molecule has 214 valence electrons. The van der Waals surface area contributed by atoms with Crippen LogP contribution in [0.25, 0.3) is 11.1 Å². The minimum atomic E-state index is -0.687. The number of likely N-dealkylation sites (tertiary alicyclic amines) is 1. The molecule has 1 amide bonds. The molecule has 0 bridgehead atoms. The van der Waals surface area contributed by atoms with Gasteiger partial charge in [0.1, 0.15) is 24.5 Å². The Morgan fingerprint density at radius 1 is 0.976 bits per heavy atom. The Morgan fingerprint density at radius 3 is 2.32 bits per heavy atom. The van der Waals surface area contributed by atoms with Crippen LogP contribution >= 0.6 is 0 Å². The maximum atomic E-state index is 13.3. The summed E-state index contributed by atoms with van der Waals surface area (Å²) in [6.45, 7) is 5.07. The van der Waals surface area contributed by atoms with Crippen LogP contribution < -0.4 is 4.74 Å². The SMILES string of the molecule is C=CC[C@@H](COCc1ccc(OC)cc1)OC(=O)[C@@H]1CCCCN1C(=O)OCC1c2ccccc2-c2ccccc21. The minimum Gasteiger partial charge on any atom is -0.497 e. The summed E-state index contributed by atoms with van der Waals surface area (Å²) in [5, 5.41) is 0. The van der Waals surface area contributed by atoms with Crippen molar-refractivity contribution in [2.24, 2.45) is 0 Å². The molecule has 41 heavy (non-hydrogen) atoms. The van der Waals surface area contributed by atoms with Gasteiger partial charge in [0.25, 0.3) is 0 Å². The topological polar surface area (TPSA) is 74.3 Å². The summed E-state index contributed by atoms with van der Waals surface area (Å²) in [6.07, 6.45) is 3.37. The molecule has 0 spiro atoms. The Labute approximate surface area is 241 Å². The number of fused-ring (bicyclic) bond motifs is 3. The summed E-state index contributed by atoms with van der Waals surface area (Å²) in [4.78, 5) is 28.2. The molecule has 3 aromatic carbocycles. The number of rotatable bonds is 11. The summed E-state index contributed by atoms with van der Waals surface area (Å²) in [5.74, 6) is 0.306. The maximum absolute atomic E-state index is 13.3. The van der Waals surface area contributed by atoms with E-state index >= 15 is 0 Å². The molecule has 1 aliphatic heterocycles. The van der Waals surface area contributed by atoms with E-state index in [2.05, 4.69) is 30.8 Å². The lowest BCUT2D eigenvalue weighted by Gasteiger charge is -2.34. The van der Waals surface area contributed by atoms with Crippen LogP contribution in [0.5, 0.6) is 5.75 Å². The highest BCUT2D eigenvalue weighted by atomic mass is 16.6. The molecule has 0 saturated carbocycles. The third-order valence-corrected chi connectivity index (χ3v) is 7.79. The van der Waals surface area contributed by atoms with Crippen molar-refractivity contribution in [3.8, 4) is 16.9 Å². The average molecular weight is 556 g/mol. The van der Waals surface area contributed by atoms with Gasteiger partial charge in [0.05, 0.1) is 20.3 Å². The monoisotopic (exact) mass is 555 g/mol. The highest BCUT2D eigenvalue weighted by molar-refractivity contribution is 5.82. The standard InChI is InChI=1S/C34H37NO6/c1-3-10-26(22-39-21-24-16-18-25(38-2)19-17-24)41-33(36)32-15-8-9-20-35(32)34(37)40-23-31-29-13-6-4-11-27(29)28-12-5-7-14-30(28)31/h3-7,11-14,16-19,26,31-32H,1,8-10,15,20-23H2,2H3/t26-,32-/m0/s1. The molecule has 0 unspecified atom stereocenters. The first-order valence-corrected chi connectivity index (χ1v) is 14.2. The molecular weight excluding hydrogens is 518 g/mol. The zero-order valence-corrected chi connectivity index (χ0v) is 23.5. The number of carbonyl (C=O) groups is 2. The van der Waals surface area contributed by atoms with Crippen LogP contribution in [0.3, 0.4) is 0 Å². The van der Waals surface area contributed by atoms with Crippen molar-refractivity contribution in [2.75, 3.05) is 26.9 Å². The van der Waals surface area contributed by atoms with Gasteiger partial charge in [-0.25, -0.2) is 9.59 Å². The molecule has 7 nitrogen and oxygen atoms in total. The molecule has 1 heterocycles. The lowest BCUT2D eigenvalue weighted by molar-refractivity contribution is -0.159. The number of esters is 1. The van der Waals surface area contributed by atoms with Gasteiger partial charge in [-0.1, -0.05) is 66.7 Å². The number of benzene rings is 3. The Hall–Kier alpha value is -4.10. The molecule has 5 rings (SSSR count). The smallest absolute Gasteiger partial charge is 0.410 e. The first-order chi connectivity index (χ1) is 20.1. The van der Waals surface area contributed by atoms with Gasteiger partial charge in [0.2, 0.25) is 0 Å². The second-order valence-corrected chi connectivity index (χ2v) is 10.5. The second kappa shape index (κ2) is 13.5. The van der Waals surface area contributed by atoms with E-state index in [4.69, 9.17) is 18.9 Å². The van der Waals surface area contributed by atoms with Gasteiger partial charge < -0.3 is 18.9 Å². The van der Waals surface area contributed by atoms with Crippen LogP contribution in [0.1, 0.15) is 48.3 Å². The maximum Gasteiger partial charge on any atom is 0.410 e. The zero-order chi connectivity index (χ0) is 28.6. The number of hydrogen-bond acceptors (Lipinski definition) is 6. The predicted molar refractivity (Wildman–Crippen MR) is 157 cm³/mol. The molecule has 0 radical (unpaired) electrons. The van der Waals surface area contributed by atoms with Gasteiger partial charge in [0, 0.05) is 18.9 Å². The van der Waals surface area contributed by atoms with Crippen LogP contribution in [-0.2, 0) is 25.6 Å². The van der Waals surface area contributed by atoms with Gasteiger partial charge in [-0.2, -0.15) is 0 Å². The molecule has 7 heteroatoms. The van der Waals surface area contributed by atoms with Gasteiger partial charge in [0.15, 0.2) is 0 Å². The van der Waals surface area contributed by atoms with Crippen molar-refractivity contribution >= 4 is 12.1 Å². The Morgan fingerprint density at radius 2 is 1.66 bits per heavy atom. The third kappa shape index (κ3) is 6.63. The predicted octanol–water partition coefficient (Wildman–Crippen LogP) is 6.50. The van der Waals surface area contributed by atoms with Gasteiger partial charge >= 0.3 is 12.1 Å². The highest BCUT2D eigenvalue weighted by Gasteiger charge is 2.36. The number of amides is 1. The zero-order valence-electron chi connectivity index (χ0n) is 23.5. The fourth-order valence-electron chi connectivity index (χ4n) is 5.68. The third-order valence-electron chi connectivity index (χ3n) is 7.79. The van der Waals surface area contributed by atoms with E-state index in [1.807, 2.05) is 48.5 Å². The molecule has 3 aromatic rings. The summed E-state index contributed by atoms with van der Waals surface area (Å²) >= 11 is 0. The van der Waals surface area contributed by atoms with E-state index in [1.54, 1.807) is 13.2 Å². The Balaban J connectivity index is 1.18. The van der Waals surface area contributed by atoms with Crippen LogP contribution in [-0.4, -0.2) is 56.0 Å². The van der Waals surface area contributed by atoms with Crippen LogP contribution in [0.15, 0.2) is 85.5 Å². The van der Waals surface area contributed by atoms with Gasteiger partial charge in [-0.05, 0) is 59.2 Å². The lowest BCUT2D eigenvalue weighted by atomic mass is 9.98. The van der Waals surface area contributed by atoms with E-state index in [1.165, 1.54) is 16.0 Å². The number of methoxy groups -OCH3 is 1. The summed E-state index contributed by atoms with van der Waals surface area (Å²) in [6, 6.07) is 23.4. The number of carbonyl (C=O) groups excluding carboxylic acids is 2. The van der Waals surface area contributed by atoms with Gasteiger partial charge in [-0.15, -0.1) is 6.58 Å². The molecule has 0 aromatic heterocycles. The highest BCUT2D eigenvalue weighted by Crippen LogP contribution is 2.44. The fourth-order valence-corrected chi connectivity index (χ4v) is 5.68. The average Bonchev–Trinajstić information content (AvgIpc) is 3.33. The van der Waals surface area contributed by atoms with Crippen molar-refractivity contribution < 1.29 is 28.5 Å². The first-order valence-electron chi connectivity index (χ1n) is 14.2. The molecule has 1 saturated heterocycles. The van der Waals surface area contributed by atoms with Crippen LogP contribution in [0.2, 0.25) is 0 Å². The van der Waals surface area contributed by atoms with Crippen molar-refractivity contribution in [3.63, 3.8) is 0 Å². The van der Waals surface area contributed by atoms with Crippen molar-refractivity contribution in [1.82, 2.24) is 4.90 Å². The Bertz CT molecular complexity index is 1310. The number of piperidine rings is 1. The van der Waals surface area contributed by atoms with E-state index in [0.717, 1.165) is 35.3 Å². The molecule has 2 aliphatic rings. The summed E-state index contributed by atoms with van der Waals surface area (Å²) in [7, 11) is 1.63. The van der Waals surface area contributed by atoms with E-state index in [0.29, 0.717) is 26.0 Å². The largest absolute Gasteiger partial charge is 0.497 e. The van der Waals surface area contributed by atoms with Gasteiger partial charge in [-0.3, -0.25) is 4.90 Å². The number of ether oxygens (including phenoxy) is 4. The first kappa shape index (κ1) is 28.4. The molecule has 2 atom stereocenters. The minimum absolute atomic E-state index is 0.0404. The second-order valence-electron chi connectivity index (χ2n) is 10.5. The van der Waals surface area contributed by atoms with E-state index in [-0.39, 0.29) is 19.1 Å². The normalized spacial score (nSPS) is 16.8. The summed E-state index contributed by atoms with van der Waals surface area (Å²) in [5.41, 5.74) is 5.64. The Kier molecular flexibility index (Phi) is 9.36. The van der Waals surface area contributed by atoms with Crippen LogP contribution in [0.4, 0.5) is 4.79 Å².